The Morgan fingerprint density at radius 3 is 1.62 bits per heavy atom. The first-order valence-electron chi connectivity index (χ1n) is 21.6. The molecule has 2 saturated carbocycles. The summed E-state index contributed by atoms with van der Waals surface area (Å²) in [6, 6.07) is 8.36. The maximum Gasteiger partial charge on any atom is 0.407 e. The summed E-state index contributed by atoms with van der Waals surface area (Å²) >= 11 is 0. The number of nitrogens with one attached hydrogen (secondary N) is 4. The highest BCUT2D eigenvalue weighted by Crippen LogP contribution is 2.44. The Hall–Kier alpha value is -6.71. The van der Waals surface area contributed by atoms with E-state index in [0.717, 1.165) is 36.8 Å². The predicted molar refractivity (Wildman–Crippen MR) is 234 cm³/mol. The molecule has 4 amide bonds. The summed E-state index contributed by atoms with van der Waals surface area (Å²) in [5, 5.41) is 6.24. The Kier molecular flexibility index (Phi) is 10.9. The lowest BCUT2D eigenvalue weighted by molar-refractivity contribution is -0.135. The van der Waals surface area contributed by atoms with Crippen molar-refractivity contribution in [2.45, 2.75) is 77.5 Å². The van der Waals surface area contributed by atoms with Gasteiger partial charge >= 0.3 is 12.2 Å². The van der Waals surface area contributed by atoms with E-state index in [4.69, 9.17) is 23.9 Å². The molecule has 2 fully saturated rings. The van der Waals surface area contributed by atoms with E-state index in [2.05, 4.69) is 32.8 Å². The topological polar surface area (TPSA) is 205 Å². The van der Waals surface area contributed by atoms with Crippen LogP contribution in [0.25, 0.3) is 44.5 Å². The molecule has 0 spiro atoms. The Balaban J connectivity index is 0.971. The van der Waals surface area contributed by atoms with E-state index in [-0.39, 0.29) is 29.1 Å². The molecule has 4 aliphatic rings. The fourth-order valence-corrected chi connectivity index (χ4v) is 8.82. The minimum absolute atomic E-state index is 0.171. The number of hydrogen-bond donors (Lipinski definition) is 4. The lowest BCUT2D eigenvalue weighted by atomic mass is 10.0. The number of aromatic amines is 2. The molecule has 16 heteroatoms. The van der Waals surface area contributed by atoms with Crippen molar-refractivity contribution in [1.82, 2.24) is 40.4 Å². The van der Waals surface area contributed by atoms with E-state index < -0.39 is 36.4 Å². The zero-order valence-corrected chi connectivity index (χ0v) is 36.2. The van der Waals surface area contributed by atoms with Crippen molar-refractivity contribution >= 4 is 45.9 Å². The minimum atomic E-state index is -0.775. The number of methoxy groups -OCH3 is 2. The van der Waals surface area contributed by atoms with Gasteiger partial charge < -0.3 is 44.3 Å². The molecule has 328 valence electrons. The van der Waals surface area contributed by atoms with Gasteiger partial charge in [-0.15, -0.1) is 0 Å². The number of ether oxygens (including phenoxy) is 2. The SMILES string of the molecule is COC(=O)NC(C(=O)N1CC(C2CC2)=CC1c1ncc(-c2ccc3c(=O)c4cc(-c5cnc(C6C=C(C7CC7)CN6C(=O)C(NC(=O)OC)C(C)C)[nH]5)ccc4oc3c2)[nH]1)C(C)C. The van der Waals surface area contributed by atoms with Crippen molar-refractivity contribution in [2.24, 2.45) is 23.7 Å². The first-order valence-corrected chi connectivity index (χ1v) is 21.6. The molecule has 4 unspecified atom stereocenters. The Morgan fingerprint density at radius 2 is 1.16 bits per heavy atom. The third-order valence-corrected chi connectivity index (χ3v) is 12.7. The van der Waals surface area contributed by atoms with E-state index in [0.29, 0.717) is 69.9 Å². The standard InChI is InChI=1S/C47H52N8O8/c1-23(2)39(52-46(59)61-5)44(57)54-21-29(25-7-8-25)16-35(54)42-48-19-33(50-42)27-12-14-37-32(15-27)41(56)31-13-11-28(18-38(31)63-37)34-20-49-43(51-34)36-17-30(26-9-10-26)22-55(36)45(58)40(24(3)4)53-47(60)62-6/h11-20,23-26,35-36,39-40H,7-10,21-22H2,1-6H3,(H,48,50)(H,49,51)(H,52,59)(H,53,60). The van der Waals surface area contributed by atoms with Crippen LogP contribution in [-0.4, -0.2) is 93.1 Å². The molecule has 4 atom stereocenters. The smallest absolute Gasteiger partial charge is 0.407 e. The summed E-state index contributed by atoms with van der Waals surface area (Å²) in [5.41, 5.74) is 5.86. The van der Waals surface area contributed by atoms with Crippen molar-refractivity contribution in [3.05, 3.63) is 94.0 Å². The number of H-pyrrole nitrogens is 2. The number of fused-ring (bicyclic) bond motifs is 2. The van der Waals surface area contributed by atoms with Crippen LogP contribution in [0.4, 0.5) is 9.59 Å². The molecule has 0 radical (unpaired) electrons. The number of hydrogen-bond acceptors (Lipinski definition) is 10. The lowest BCUT2D eigenvalue weighted by Gasteiger charge is -2.30. The van der Waals surface area contributed by atoms with Gasteiger partial charge in [0, 0.05) is 24.2 Å². The van der Waals surface area contributed by atoms with E-state index in [1.54, 1.807) is 40.4 Å². The molecule has 2 aliphatic heterocycles. The molecule has 0 saturated heterocycles. The molecule has 16 nitrogen and oxygen atoms in total. The largest absolute Gasteiger partial charge is 0.456 e. The second-order valence-electron chi connectivity index (χ2n) is 17.8. The van der Waals surface area contributed by atoms with Crippen molar-refractivity contribution in [3.63, 3.8) is 0 Å². The number of alkyl carbamates (subject to hydrolysis) is 2. The van der Waals surface area contributed by atoms with Crippen molar-refractivity contribution in [2.75, 3.05) is 27.3 Å². The second-order valence-corrected chi connectivity index (χ2v) is 17.8. The van der Waals surface area contributed by atoms with Crippen LogP contribution in [0.15, 0.2) is 81.3 Å². The van der Waals surface area contributed by atoms with Crippen LogP contribution in [0.2, 0.25) is 0 Å². The summed E-state index contributed by atoms with van der Waals surface area (Å²) in [5.74, 6) is 1.28. The van der Waals surface area contributed by atoms with E-state index in [1.165, 1.54) is 25.4 Å². The molecule has 2 aromatic carbocycles. The number of carbonyl (C=O) groups is 4. The average Bonchev–Trinajstić information content (AvgIpc) is 4.06. The van der Waals surface area contributed by atoms with E-state index in [9.17, 15) is 24.0 Å². The average molecular weight is 857 g/mol. The molecule has 5 aromatic rings. The summed E-state index contributed by atoms with van der Waals surface area (Å²) in [7, 11) is 2.55. The summed E-state index contributed by atoms with van der Waals surface area (Å²) in [6.07, 6.45) is 10.6. The lowest BCUT2D eigenvalue weighted by Crippen LogP contribution is -2.51. The Morgan fingerprint density at radius 1 is 0.683 bits per heavy atom. The number of aromatic nitrogens is 4. The van der Waals surface area contributed by atoms with Gasteiger partial charge in [-0.05, 0) is 90.8 Å². The van der Waals surface area contributed by atoms with Crippen LogP contribution in [0.3, 0.4) is 0 Å². The Bertz CT molecular complexity index is 2760. The van der Waals surface area contributed by atoms with Crippen LogP contribution in [0, 0.1) is 23.7 Å². The molecule has 5 heterocycles. The number of carbonyl (C=O) groups excluding carboxylic acids is 4. The van der Waals surface area contributed by atoms with Gasteiger partial charge in [0.25, 0.3) is 0 Å². The fourth-order valence-electron chi connectivity index (χ4n) is 8.82. The van der Waals surface area contributed by atoms with Crippen LogP contribution in [-0.2, 0) is 19.1 Å². The van der Waals surface area contributed by atoms with Gasteiger partial charge in [-0.2, -0.15) is 0 Å². The van der Waals surface area contributed by atoms with Gasteiger partial charge in [-0.25, -0.2) is 19.6 Å². The van der Waals surface area contributed by atoms with Crippen LogP contribution in [0.1, 0.15) is 77.1 Å². The zero-order chi connectivity index (χ0) is 44.3. The molecular weight excluding hydrogens is 805 g/mol. The number of nitrogens with zero attached hydrogens (tertiary/aromatic N) is 4. The quantitative estimate of drug-likeness (QED) is 0.0753. The summed E-state index contributed by atoms with van der Waals surface area (Å²) in [4.78, 5) is 86.1. The van der Waals surface area contributed by atoms with Crippen molar-refractivity contribution in [3.8, 4) is 22.5 Å². The molecule has 0 bridgehead atoms. The number of benzene rings is 2. The monoisotopic (exact) mass is 856 g/mol. The maximum atomic E-state index is 14.1. The number of imidazole rings is 2. The third kappa shape index (κ3) is 8.09. The van der Waals surface area contributed by atoms with Crippen LogP contribution >= 0.6 is 0 Å². The molecule has 3 aromatic heterocycles. The first kappa shape index (κ1) is 41.6. The van der Waals surface area contributed by atoms with Crippen molar-refractivity contribution in [1.29, 1.82) is 0 Å². The minimum Gasteiger partial charge on any atom is -0.456 e. The van der Waals surface area contributed by atoms with Gasteiger partial charge in [0.15, 0.2) is 0 Å². The van der Waals surface area contributed by atoms with Gasteiger partial charge in [0.05, 0.1) is 48.8 Å². The van der Waals surface area contributed by atoms with Gasteiger partial charge in [0.1, 0.15) is 47.0 Å². The maximum absolute atomic E-state index is 14.1. The van der Waals surface area contributed by atoms with Crippen LogP contribution in [0.5, 0.6) is 0 Å². The van der Waals surface area contributed by atoms with Gasteiger partial charge in [-0.3, -0.25) is 14.4 Å². The number of amides is 4. The normalized spacial score (nSPS) is 19.7. The van der Waals surface area contributed by atoms with Gasteiger partial charge in [-0.1, -0.05) is 45.9 Å². The Labute approximate surface area is 363 Å². The van der Waals surface area contributed by atoms with Crippen molar-refractivity contribution < 1.29 is 33.1 Å². The zero-order valence-electron chi connectivity index (χ0n) is 36.2. The third-order valence-electron chi connectivity index (χ3n) is 12.7. The van der Waals surface area contributed by atoms with E-state index in [1.807, 2.05) is 45.9 Å². The predicted octanol–water partition coefficient (Wildman–Crippen LogP) is 6.93. The fraction of sp³-hybridized carbons (Fsp3) is 0.426. The molecule has 9 rings (SSSR count). The first-order chi connectivity index (χ1) is 30.3. The molecule has 4 N–H and O–H groups in total. The highest BCUT2D eigenvalue weighted by molar-refractivity contribution is 5.93. The summed E-state index contributed by atoms with van der Waals surface area (Å²) in [6.45, 7) is 8.45. The molecule has 2 aliphatic carbocycles. The molecule has 63 heavy (non-hydrogen) atoms. The molecular formula is C47H52N8O8. The van der Waals surface area contributed by atoms with E-state index >= 15 is 0 Å². The highest BCUT2D eigenvalue weighted by atomic mass is 16.5. The number of rotatable bonds is 12. The highest BCUT2D eigenvalue weighted by Gasteiger charge is 2.42. The van der Waals surface area contributed by atoms with Crippen LogP contribution < -0.4 is 16.1 Å². The van der Waals surface area contributed by atoms with Gasteiger partial charge in [0.2, 0.25) is 17.2 Å². The summed E-state index contributed by atoms with van der Waals surface area (Å²) < 4.78 is 16.0. The second kappa shape index (κ2) is 16.5.